The summed E-state index contributed by atoms with van der Waals surface area (Å²) in [5, 5.41) is 8.19. The fraction of sp³-hybridized carbons (Fsp3) is 0.500. The third kappa shape index (κ3) is 8.97. The van der Waals surface area contributed by atoms with Crippen molar-refractivity contribution in [2.24, 2.45) is 0 Å². The highest BCUT2D eigenvalue weighted by Crippen LogP contribution is 2.00. The Bertz CT molecular complexity index is 151. The lowest BCUT2D eigenvalue weighted by Crippen LogP contribution is -1.71. The van der Waals surface area contributed by atoms with Crippen molar-refractivity contribution in [3.8, 4) is 6.07 Å². The molecule has 0 fully saturated rings. The molecule has 0 amide bonds. The van der Waals surface area contributed by atoms with E-state index in [1.165, 1.54) is 12.8 Å². The maximum absolute atomic E-state index is 8.19. The van der Waals surface area contributed by atoms with Crippen LogP contribution in [0.1, 0.15) is 32.1 Å². The lowest BCUT2D eigenvalue weighted by molar-refractivity contribution is 0.762. The van der Waals surface area contributed by atoms with E-state index in [1.54, 1.807) is 0 Å². The first-order chi connectivity index (χ1) is 5.41. The van der Waals surface area contributed by atoms with E-state index in [9.17, 15) is 0 Å². The number of nitrogens with zero attached hydrogens (tertiary/aromatic N) is 1. The van der Waals surface area contributed by atoms with Crippen LogP contribution in [0.5, 0.6) is 0 Å². The molecule has 11 heavy (non-hydrogen) atoms. The molecule has 0 unspecified atom stereocenters. The van der Waals surface area contributed by atoms with E-state index in [-0.39, 0.29) is 0 Å². The fourth-order valence-corrected chi connectivity index (χ4v) is 0.805. The average molecular weight is 149 g/mol. The van der Waals surface area contributed by atoms with Gasteiger partial charge >= 0.3 is 0 Å². The van der Waals surface area contributed by atoms with Crippen LogP contribution in [0.3, 0.4) is 0 Å². The van der Waals surface area contributed by atoms with Gasteiger partial charge in [0, 0.05) is 0 Å². The van der Waals surface area contributed by atoms with E-state index < -0.39 is 0 Å². The number of hydrogen-bond acceptors (Lipinski definition) is 1. The Morgan fingerprint density at radius 3 is 2.55 bits per heavy atom. The summed E-state index contributed by atoms with van der Waals surface area (Å²) in [5.41, 5.74) is 0. The third-order valence-electron chi connectivity index (χ3n) is 1.40. The first-order valence-corrected chi connectivity index (χ1v) is 4.04. The second-order valence-electron chi connectivity index (χ2n) is 2.41. The first kappa shape index (κ1) is 9.97. The minimum atomic E-state index is 0.543. The molecule has 1 heteroatoms. The highest BCUT2D eigenvalue weighted by Gasteiger charge is 1.81. The Hall–Kier alpha value is -1.03. The van der Waals surface area contributed by atoms with Gasteiger partial charge in [0.15, 0.2) is 0 Å². The number of unbranched alkanes of at least 4 members (excludes halogenated alkanes) is 3. The summed E-state index contributed by atoms with van der Waals surface area (Å²) in [6, 6.07) is 2.07. The summed E-state index contributed by atoms with van der Waals surface area (Å²) in [4.78, 5) is 0. The zero-order chi connectivity index (χ0) is 8.36. The Labute approximate surface area is 69.0 Å². The van der Waals surface area contributed by atoms with Crippen LogP contribution in [0.15, 0.2) is 24.8 Å². The number of nitriles is 1. The van der Waals surface area contributed by atoms with E-state index in [0.29, 0.717) is 6.42 Å². The monoisotopic (exact) mass is 149 g/mol. The minimum Gasteiger partial charge on any atom is -0.198 e. The van der Waals surface area contributed by atoms with Crippen LogP contribution < -0.4 is 0 Å². The molecule has 0 atom stereocenters. The van der Waals surface area contributed by atoms with Crippen molar-refractivity contribution >= 4 is 0 Å². The van der Waals surface area contributed by atoms with Crippen molar-refractivity contribution in [2.75, 3.05) is 0 Å². The van der Waals surface area contributed by atoms with Crippen molar-refractivity contribution in [3.63, 3.8) is 0 Å². The van der Waals surface area contributed by atoms with Crippen LogP contribution in [-0.4, -0.2) is 0 Å². The van der Waals surface area contributed by atoms with Gasteiger partial charge in [-0.15, -0.1) is 6.58 Å². The van der Waals surface area contributed by atoms with E-state index in [1.807, 2.05) is 12.2 Å². The zero-order valence-electron chi connectivity index (χ0n) is 6.92. The molecule has 0 aliphatic heterocycles. The van der Waals surface area contributed by atoms with Gasteiger partial charge in [-0.05, 0) is 25.7 Å². The topological polar surface area (TPSA) is 23.8 Å². The molecule has 0 aromatic rings. The third-order valence-corrected chi connectivity index (χ3v) is 1.40. The predicted molar refractivity (Wildman–Crippen MR) is 48.0 cm³/mol. The van der Waals surface area contributed by atoms with E-state index in [0.717, 1.165) is 12.8 Å². The van der Waals surface area contributed by atoms with Crippen LogP contribution in [-0.2, 0) is 0 Å². The van der Waals surface area contributed by atoms with Gasteiger partial charge in [0.1, 0.15) is 0 Å². The molecule has 0 aromatic heterocycles. The van der Waals surface area contributed by atoms with Gasteiger partial charge in [-0.2, -0.15) is 5.26 Å². The summed E-state index contributed by atoms with van der Waals surface area (Å²) >= 11 is 0. The van der Waals surface area contributed by atoms with Gasteiger partial charge < -0.3 is 0 Å². The molecule has 0 saturated heterocycles. The quantitative estimate of drug-likeness (QED) is 0.420. The summed E-state index contributed by atoms with van der Waals surface area (Å²) < 4.78 is 0. The average Bonchev–Trinajstić information content (AvgIpc) is 2.03. The van der Waals surface area contributed by atoms with Crippen LogP contribution in [0.2, 0.25) is 0 Å². The molecule has 0 aliphatic rings. The summed E-state index contributed by atoms with van der Waals surface area (Å²) in [6.45, 7) is 3.65. The highest BCUT2D eigenvalue weighted by atomic mass is 14.2. The molecule has 0 radical (unpaired) electrons. The van der Waals surface area contributed by atoms with Crippen molar-refractivity contribution in [2.45, 2.75) is 32.1 Å². The Morgan fingerprint density at radius 2 is 1.91 bits per heavy atom. The van der Waals surface area contributed by atoms with Gasteiger partial charge in [-0.25, -0.2) is 0 Å². The smallest absolute Gasteiger partial charge is 0.0663 e. The zero-order valence-corrected chi connectivity index (χ0v) is 6.92. The molecule has 0 heterocycles. The lowest BCUT2D eigenvalue weighted by atomic mass is 10.2. The Morgan fingerprint density at radius 1 is 1.18 bits per heavy atom. The summed E-state index contributed by atoms with van der Waals surface area (Å²) in [6.07, 6.45) is 11.1. The molecular formula is C10H15N. The van der Waals surface area contributed by atoms with Crippen LogP contribution in [0.25, 0.3) is 0 Å². The second kappa shape index (κ2) is 8.97. The number of hydrogen-bond donors (Lipinski definition) is 0. The standard InChI is InChI=1S/C10H15N/c1-2-3-4-5-6-7-8-9-10-11/h2,7-8H,1,3-6,9H2. The van der Waals surface area contributed by atoms with E-state index in [2.05, 4.69) is 18.7 Å². The molecule has 0 bridgehead atoms. The normalized spacial score (nSPS) is 9.73. The molecule has 0 N–H and O–H groups in total. The largest absolute Gasteiger partial charge is 0.198 e. The molecule has 0 aliphatic carbocycles. The molecule has 0 rings (SSSR count). The maximum atomic E-state index is 8.19. The Kier molecular flexibility index (Phi) is 8.13. The molecule has 0 saturated carbocycles. The first-order valence-electron chi connectivity index (χ1n) is 4.04. The predicted octanol–water partition coefficient (Wildman–Crippen LogP) is 3.20. The van der Waals surface area contributed by atoms with E-state index in [4.69, 9.17) is 5.26 Å². The van der Waals surface area contributed by atoms with Gasteiger partial charge in [-0.3, -0.25) is 0 Å². The lowest BCUT2D eigenvalue weighted by Gasteiger charge is -1.90. The highest BCUT2D eigenvalue weighted by molar-refractivity contribution is 4.90. The van der Waals surface area contributed by atoms with E-state index >= 15 is 0 Å². The van der Waals surface area contributed by atoms with Crippen molar-refractivity contribution in [1.29, 1.82) is 5.26 Å². The maximum Gasteiger partial charge on any atom is 0.0663 e. The molecule has 0 aromatic carbocycles. The van der Waals surface area contributed by atoms with Crippen LogP contribution >= 0.6 is 0 Å². The van der Waals surface area contributed by atoms with Gasteiger partial charge in [-0.1, -0.05) is 18.2 Å². The molecular weight excluding hydrogens is 134 g/mol. The van der Waals surface area contributed by atoms with Crippen LogP contribution in [0, 0.1) is 11.3 Å². The minimum absolute atomic E-state index is 0.543. The summed E-state index contributed by atoms with van der Waals surface area (Å²) in [7, 11) is 0. The van der Waals surface area contributed by atoms with Gasteiger partial charge in [0.25, 0.3) is 0 Å². The van der Waals surface area contributed by atoms with Gasteiger partial charge in [0.2, 0.25) is 0 Å². The summed E-state index contributed by atoms with van der Waals surface area (Å²) in [5.74, 6) is 0. The SMILES string of the molecule is C=CCCCCC=CCC#N. The number of allylic oxidation sites excluding steroid dienone is 3. The second-order valence-corrected chi connectivity index (χ2v) is 2.41. The molecule has 60 valence electrons. The van der Waals surface area contributed by atoms with Crippen molar-refractivity contribution in [1.82, 2.24) is 0 Å². The number of rotatable bonds is 6. The van der Waals surface area contributed by atoms with Gasteiger partial charge in [0.05, 0.1) is 12.5 Å². The Balaban J connectivity index is 3.02. The van der Waals surface area contributed by atoms with Crippen LogP contribution in [0.4, 0.5) is 0 Å². The van der Waals surface area contributed by atoms with Crippen molar-refractivity contribution in [3.05, 3.63) is 24.8 Å². The fourth-order valence-electron chi connectivity index (χ4n) is 0.805. The molecule has 1 nitrogen and oxygen atoms in total. The van der Waals surface area contributed by atoms with Crippen molar-refractivity contribution < 1.29 is 0 Å². The molecule has 0 spiro atoms.